The molecule has 0 saturated carbocycles. The first-order valence-corrected chi connectivity index (χ1v) is 7.62. The van der Waals surface area contributed by atoms with Gasteiger partial charge in [0.05, 0.1) is 24.3 Å². The summed E-state index contributed by atoms with van der Waals surface area (Å²) in [5.41, 5.74) is 3.42. The monoisotopic (exact) mass is 312 g/mol. The van der Waals surface area contributed by atoms with Crippen molar-refractivity contribution in [3.63, 3.8) is 0 Å². The summed E-state index contributed by atoms with van der Waals surface area (Å²) >= 11 is 0. The Kier molecular flexibility index (Phi) is 5.52. The van der Waals surface area contributed by atoms with Crippen LogP contribution in [0.2, 0.25) is 0 Å². The number of aryl methyl sites for hydroxylation is 1. The quantitative estimate of drug-likeness (QED) is 0.783. The molecule has 0 aliphatic rings. The molecular weight excluding hydrogens is 292 g/mol. The summed E-state index contributed by atoms with van der Waals surface area (Å²) in [7, 11) is 0. The van der Waals surface area contributed by atoms with Crippen molar-refractivity contribution in [2.75, 3.05) is 13.2 Å². The van der Waals surface area contributed by atoms with E-state index in [2.05, 4.69) is 0 Å². The Morgan fingerprint density at radius 2 is 1.30 bits per heavy atom. The zero-order valence-corrected chi connectivity index (χ0v) is 13.6. The second kappa shape index (κ2) is 7.58. The average Bonchev–Trinajstić information content (AvgIpc) is 2.55. The lowest BCUT2D eigenvalue weighted by molar-refractivity contribution is 0.0479. The summed E-state index contributed by atoms with van der Waals surface area (Å²) < 4.78 is 10.1. The molecule has 4 heteroatoms. The maximum atomic E-state index is 12.2. The lowest BCUT2D eigenvalue weighted by Crippen LogP contribution is -2.14. The van der Waals surface area contributed by atoms with Gasteiger partial charge in [0, 0.05) is 0 Å². The third-order valence-corrected chi connectivity index (χ3v) is 3.40. The van der Waals surface area contributed by atoms with Crippen molar-refractivity contribution in [2.45, 2.75) is 20.8 Å². The highest BCUT2D eigenvalue weighted by atomic mass is 16.5. The van der Waals surface area contributed by atoms with Crippen LogP contribution in [0.1, 0.15) is 40.1 Å². The molecule has 2 aromatic carbocycles. The minimum absolute atomic E-state index is 0.223. The summed E-state index contributed by atoms with van der Waals surface area (Å²) in [6.07, 6.45) is 0. The van der Waals surface area contributed by atoms with Crippen molar-refractivity contribution in [2.24, 2.45) is 0 Å². The van der Waals surface area contributed by atoms with Gasteiger partial charge in [-0.1, -0.05) is 35.9 Å². The number of ether oxygens (including phenoxy) is 2. The topological polar surface area (TPSA) is 52.6 Å². The molecule has 0 spiro atoms. The van der Waals surface area contributed by atoms with E-state index >= 15 is 0 Å². The standard InChI is InChI=1S/C19H20O4/c1-4-22-18(20)16-11-10-15(12-17(16)19(21)23-5-2)14-8-6-13(3)7-9-14/h6-12H,4-5H2,1-3H3. The lowest BCUT2D eigenvalue weighted by Gasteiger charge is -2.11. The van der Waals surface area contributed by atoms with E-state index in [1.165, 1.54) is 0 Å². The number of rotatable bonds is 5. The minimum atomic E-state index is -0.524. The Morgan fingerprint density at radius 1 is 0.783 bits per heavy atom. The van der Waals surface area contributed by atoms with Gasteiger partial charge >= 0.3 is 11.9 Å². The summed E-state index contributed by atoms with van der Waals surface area (Å²) in [6.45, 7) is 5.96. The third-order valence-electron chi connectivity index (χ3n) is 3.40. The van der Waals surface area contributed by atoms with Crippen molar-refractivity contribution in [1.82, 2.24) is 0 Å². The molecule has 2 aromatic rings. The second-order valence-corrected chi connectivity index (χ2v) is 5.07. The average molecular weight is 312 g/mol. The largest absolute Gasteiger partial charge is 0.462 e. The predicted molar refractivity (Wildman–Crippen MR) is 88.5 cm³/mol. The molecular formula is C19H20O4. The van der Waals surface area contributed by atoms with Crippen LogP contribution in [-0.2, 0) is 9.47 Å². The molecule has 4 nitrogen and oxygen atoms in total. The van der Waals surface area contributed by atoms with Crippen LogP contribution in [0.25, 0.3) is 11.1 Å². The van der Waals surface area contributed by atoms with Gasteiger partial charge in [0.2, 0.25) is 0 Å². The normalized spacial score (nSPS) is 10.2. The van der Waals surface area contributed by atoms with Crippen LogP contribution in [0, 0.1) is 6.92 Å². The van der Waals surface area contributed by atoms with E-state index in [1.54, 1.807) is 32.0 Å². The number of hydrogen-bond acceptors (Lipinski definition) is 4. The van der Waals surface area contributed by atoms with Gasteiger partial charge in [0.25, 0.3) is 0 Å². The van der Waals surface area contributed by atoms with Crippen LogP contribution in [0.15, 0.2) is 42.5 Å². The van der Waals surface area contributed by atoms with Gasteiger partial charge in [-0.3, -0.25) is 0 Å². The molecule has 120 valence electrons. The molecule has 23 heavy (non-hydrogen) atoms. The Morgan fingerprint density at radius 3 is 1.87 bits per heavy atom. The lowest BCUT2D eigenvalue weighted by atomic mass is 9.98. The molecule has 0 amide bonds. The highest BCUT2D eigenvalue weighted by Crippen LogP contribution is 2.24. The van der Waals surface area contributed by atoms with E-state index in [0.717, 1.165) is 16.7 Å². The van der Waals surface area contributed by atoms with Crippen LogP contribution in [0.4, 0.5) is 0 Å². The van der Waals surface area contributed by atoms with Crippen molar-refractivity contribution >= 4 is 11.9 Å². The van der Waals surface area contributed by atoms with Crippen molar-refractivity contribution in [3.8, 4) is 11.1 Å². The molecule has 2 rings (SSSR count). The van der Waals surface area contributed by atoms with Gasteiger partial charge in [0.15, 0.2) is 0 Å². The highest BCUT2D eigenvalue weighted by Gasteiger charge is 2.20. The van der Waals surface area contributed by atoms with Crippen molar-refractivity contribution < 1.29 is 19.1 Å². The maximum Gasteiger partial charge on any atom is 0.339 e. The van der Waals surface area contributed by atoms with E-state index in [9.17, 15) is 9.59 Å². The van der Waals surface area contributed by atoms with Gasteiger partial charge in [-0.05, 0) is 44.0 Å². The Balaban J connectivity index is 2.48. The summed E-state index contributed by atoms with van der Waals surface area (Å²) in [6, 6.07) is 13.0. The first kappa shape index (κ1) is 16.7. The van der Waals surface area contributed by atoms with E-state index in [0.29, 0.717) is 0 Å². The summed E-state index contributed by atoms with van der Waals surface area (Å²) in [5.74, 6) is -1.05. The van der Waals surface area contributed by atoms with Gasteiger partial charge in [-0.15, -0.1) is 0 Å². The van der Waals surface area contributed by atoms with Crippen LogP contribution < -0.4 is 0 Å². The minimum Gasteiger partial charge on any atom is -0.462 e. The van der Waals surface area contributed by atoms with Gasteiger partial charge < -0.3 is 9.47 Å². The fourth-order valence-corrected chi connectivity index (χ4v) is 2.23. The van der Waals surface area contributed by atoms with Gasteiger partial charge in [-0.25, -0.2) is 9.59 Å². The van der Waals surface area contributed by atoms with E-state index in [4.69, 9.17) is 9.47 Å². The molecule has 0 fully saturated rings. The number of carbonyl (C=O) groups is 2. The van der Waals surface area contributed by atoms with Crippen molar-refractivity contribution in [1.29, 1.82) is 0 Å². The molecule has 0 aromatic heterocycles. The Labute approximate surface area is 136 Å². The molecule has 0 heterocycles. The van der Waals surface area contributed by atoms with Crippen LogP contribution >= 0.6 is 0 Å². The van der Waals surface area contributed by atoms with Crippen LogP contribution in [-0.4, -0.2) is 25.2 Å². The zero-order chi connectivity index (χ0) is 16.8. The first-order valence-electron chi connectivity index (χ1n) is 7.62. The summed E-state index contributed by atoms with van der Waals surface area (Å²) in [4.78, 5) is 24.2. The third kappa shape index (κ3) is 3.97. The number of esters is 2. The Hall–Kier alpha value is -2.62. The number of carbonyl (C=O) groups excluding carboxylic acids is 2. The SMILES string of the molecule is CCOC(=O)c1ccc(-c2ccc(C)cc2)cc1C(=O)OCC. The molecule has 0 saturated heterocycles. The summed E-state index contributed by atoms with van der Waals surface area (Å²) in [5, 5.41) is 0. The zero-order valence-electron chi connectivity index (χ0n) is 13.6. The van der Waals surface area contributed by atoms with Crippen molar-refractivity contribution in [3.05, 3.63) is 59.2 Å². The molecule has 0 aliphatic heterocycles. The molecule has 0 aliphatic carbocycles. The first-order chi connectivity index (χ1) is 11.1. The fraction of sp³-hybridized carbons (Fsp3) is 0.263. The predicted octanol–water partition coefficient (Wildman–Crippen LogP) is 4.02. The van der Waals surface area contributed by atoms with Gasteiger partial charge in [0.1, 0.15) is 0 Å². The van der Waals surface area contributed by atoms with Gasteiger partial charge in [-0.2, -0.15) is 0 Å². The molecule has 0 N–H and O–H groups in total. The number of benzene rings is 2. The van der Waals surface area contributed by atoms with Crippen LogP contribution in [0.5, 0.6) is 0 Å². The molecule has 0 radical (unpaired) electrons. The van der Waals surface area contributed by atoms with Crippen LogP contribution in [0.3, 0.4) is 0 Å². The maximum absolute atomic E-state index is 12.2. The molecule has 0 atom stereocenters. The van der Waals surface area contributed by atoms with E-state index in [1.807, 2.05) is 31.2 Å². The van der Waals surface area contributed by atoms with E-state index < -0.39 is 11.9 Å². The molecule has 0 bridgehead atoms. The fourth-order valence-electron chi connectivity index (χ4n) is 2.23. The smallest absolute Gasteiger partial charge is 0.339 e. The van der Waals surface area contributed by atoms with E-state index in [-0.39, 0.29) is 24.3 Å². The second-order valence-electron chi connectivity index (χ2n) is 5.07. The Bertz CT molecular complexity index is 702. The molecule has 0 unspecified atom stereocenters. The number of hydrogen-bond donors (Lipinski definition) is 0. The highest BCUT2D eigenvalue weighted by molar-refractivity contribution is 6.04.